The number of pyridine rings is 1. The topological polar surface area (TPSA) is 128 Å². The van der Waals surface area contributed by atoms with E-state index >= 15 is 0 Å². The summed E-state index contributed by atoms with van der Waals surface area (Å²) in [6, 6.07) is 4.75. The molecule has 0 aromatic carbocycles. The second kappa shape index (κ2) is 11.9. The third-order valence-corrected chi connectivity index (χ3v) is 11.8. The van der Waals surface area contributed by atoms with Gasteiger partial charge in [0.1, 0.15) is 6.42 Å². The molecule has 3 fully saturated rings. The van der Waals surface area contributed by atoms with Gasteiger partial charge in [0.2, 0.25) is 0 Å². The van der Waals surface area contributed by atoms with E-state index in [-0.39, 0.29) is 11.3 Å². The minimum Gasteiger partial charge on any atom is -0.481 e. The number of hydrogen-bond donors (Lipinski definition) is 3. The molecule has 0 spiro atoms. The zero-order valence-electron chi connectivity index (χ0n) is 25.2. The van der Waals surface area contributed by atoms with Crippen LogP contribution in [-0.2, 0) is 14.4 Å². The number of carbonyl (C=O) groups is 3. The fourth-order valence-electron chi connectivity index (χ4n) is 9.58. The van der Waals surface area contributed by atoms with Crippen LogP contribution >= 0.6 is 0 Å². The Balaban J connectivity index is 0.000000451. The van der Waals surface area contributed by atoms with Crippen LogP contribution in [0.15, 0.2) is 42.3 Å². The van der Waals surface area contributed by atoms with Crippen molar-refractivity contribution in [3.8, 4) is 0 Å². The number of carboxylic acids is 3. The monoisotopic (exact) mass is 578 g/mol. The molecular formula is C34H46N2O6. The van der Waals surface area contributed by atoms with Gasteiger partial charge in [0, 0.05) is 18.4 Å². The number of hydrogen-bond acceptors (Lipinski definition) is 5. The first-order chi connectivity index (χ1) is 19.9. The van der Waals surface area contributed by atoms with Crippen LogP contribution in [0, 0.1) is 40.4 Å². The lowest BCUT2D eigenvalue weighted by atomic mass is 9.46. The van der Waals surface area contributed by atoms with Crippen LogP contribution in [0.1, 0.15) is 83.6 Å². The van der Waals surface area contributed by atoms with Crippen molar-refractivity contribution in [1.29, 1.82) is 0 Å². The Kier molecular flexibility index (Phi) is 8.66. The maximum atomic E-state index is 11.7. The maximum Gasteiger partial charge on any atom is 0.314 e. The Bertz CT molecular complexity index is 1250. The lowest BCUT2D eigenvalue weighted by Crippen LogP contribution is -2.52. The van der Waals surface area contributed by atoms with Gasteiger partial charge in [-0.2, -0.15) is 0 Å². The highest BCUT2D eigenvalue weighted by atomic mass is 16.4. The van der Waals surface area contributed by atoms with Crippen molar-refractivity contribution in [2.24, 2.45) is 40.4 Å². The second-order valence-electron chi connectivity index (χ2n) is 13.9. The summed E-state index contributed by atoms with van der Waals surface area (Å²) in [4.78, 5) is 37.5. The molecule has 8 atom stereocenters. The van der Waals surface area contributed by atoms with Crippen LogP contribution in [0.25, 0.3) is 5.57 Å². The normalized spacial score (nSPS) is 37.5. The van der Waals surface area contributed by atoms with Gasteiger partial charge in [0.25, 0.3) is 0 Å². The summed E-state index contributed by atoms with van der Waals surface area (Å²) in [5, 5.41) is 25.1. The second-order valence-corrected chi connectivity index (χ2v) is 13.9. The summed E-state index contributed by atoms with van der Waals surface area (Å²) in [6.07, 6.45) is 18.7. The lowest BCUT2D eigenvalue weighted by Gasteiger charge is -2.58. The standard InChI is InChI=1S/C31H42N2O2.C3H4O4/c1-30-13-10-20(28-18-21(29(34)35)12-16-33(28)3)17-23(30)6-7-24-26-9-8-25(22-5-4-15-32-19-22)31(26,2)14-11-27(24)30;4-2(5)1-3(6)7/h4-6,8,15,19-21,24,26-28H,7,9-14,16-18H2,1-3H3,(H,34,35);1H2,(H,4,5)(H,6,7)/t20-,21?,24-,26-,27-,28?,30-,31+;/m0./s1. The van der Waals surface area contributed by atoms with Gasteiger partial charge in [0.15, 0.2) is 0 Å². The highest BCUT2D eigenvalue weighted by Crippen LogP contribution is 2.66. The average molecular weight is 579 g/mol. The van der Waals surface area contributed by atoms with Gasteiger partial charge in [-0.25, -0.2) is 0 Å². The highest BCUT2D eigenvalue weighted by molar-refractivity contribution is 5.88. The zero-order chi connectivity index (χ0) is 30.2. The number of allylic oxidation sites excluding steroid dienone is 4. The van der Waals surface area contributed by atoms with Crippen molar-refractivity contribution >= 4 is 23.5 Å². The van der Waals surface area contributed by atoms with Gasteiger partial charge in [0.05, 0.1) is 5.92 Å². The quantitative estimate of drug-likeness (QED) is 0.287. The predicted octanol–water partition coefficient (Wildman–Crippen LogP) is 5.99. The van der Waals surface area contributed by atoms with Crippen LogP contribution in [0.3, 0.4) is 0 Å². The lowest BCUT2D eigenvalue weighted by molar-refractivity contribution is -0.147. The average Bonchev–Trinajstić information content (AvgIpc) is 3.30. The van der Waals surface area contributed by atoms with Crippen LogP contribution in [0.2, 0.25) is 0 Å². The Morgan fingerprint density at radius 3 is 2.36 bits per heavy atom. The van der Waals surface area contributed by atoms with Gasteiger partial charge in [-0.3, -0.25) is 19.4 Å². The van der Waals surface area contributed by atoms with Gasteiger partial charge in [-0.15, -0.1) is 0 Å². The molecule has 2 unspecified atom stereocenters. The molecule has 2 saturated carbocycles. The van der Waals surface area contributed by atoms with Crippen molar-refractivity contribution < 1.29 is 29.7 Å². The third kappa shape index (κ3) is 5.67. The van der Waals surface area contributed by atoms with E-state index in [4.69, 9.17) is 10.2 Å². The van der Waals surface area contributed by atoms with Crippen molar-refractivity contribution in [1.82, 2.24) is 9.88 Å². The third-order valence-electron chi connectivity index (χ3n) is 11.8. The van der Waals surface area contributed by atoms with Crippen LogP contribution in [-0.4, -0.2) is 62.7 Å². The summed E-state index contributed by atoms with van der Waals surface area (Å²) < 4.78 is 0. The molecule has 228 valence electrons. The zero-order valence-corrected chi connectivity index (χ0v) is 25.2. The molecular weight excluding hydrogens is 532 g/mol. The van der Waals surface area contributed by atoms with E-state index < -0.39 is 24.3 Å². The number of piperidine rings is 1. The van der Waals surface area contributed by atoms with Crippen LogP contribution in [0.5, 0.6) is 0 Å². The highest BCUT2D eigenvalue weighted by Gasteiger charge is 2.57. The molecule has 5 aliphatic rings. The van der Waals surface area contributed by atoms with Crippen molar-refractivity contribution in [3.63, 3.8) is 0 Å². The van der Waals surface area contributed by atoms with E-state index in [1.54, 1.807) is 11.1 Å². The molecule has 0 radical (unpaired) electrons. The Hall–Kier alpha value is -3.00. The molecule has 4 aliphatic carbocycles. The first-order valence-corrected chi connectivity index (χ1v) is 15.6. The van der Waals surface area contributed by atoms with E-state index in [1.807, 2.05) is 6.20 Å². The van der Waals surface area contributed by atoms with Crippen molar-refractivity contribution in [3.05, 3.63) is 47.8 Å². The summed E-state index contributed by atoms with van der Waals surface area (Å²) in [7, 11) is 2.22. The van der Waals surface area contributed by atoms with Crippen LogP contribution < -0.4 is 0 Å². The fraction of sp³-hybridized carbons (Fsp3) is 0.647. The SMILES string of the molecule is CN1CCC(C(=O)O)CC1[C@H]1CC[C@@]2(C)C(=CC[C@@H]3[C@@H]2CC[C@]2(C)C(c4cccnc4)=CC[C@@H]32)C1.O=C(O)CC(=O)O. The number of fused-ring (bicyclic) bond motifs is 5. The van der Waals surface area contributed by atoms with Gasteiger partial charge in [-0.1, -0.05) is 37.6 Å². The number of rotatable bonds is 5. The smallest absolute Gasteiger partial charge is 0.314 e. The minimum atomic E-state index is -1.31. The van der Waals surface area contributed by atoms with Crippen LogP contribution in [0.4, 0.5) is 0 Å². The molecule has 2 heterocycles. The largest absolute Gasteiger partial charge is 0.481 e. The Labute approximate surface area is 248 Å². The molecule has 1 aromatic rings. The number of aromatic nitrogens is 1. The van der Waals surface area contributed by atoms with E-state index in [2.05, 4.69) is 61.3 Å². The molecule has 8 nitrogen and oxygen atoms in total. The maximum absolute atomic E-state index is 11.7. The van der Waals surface area contributed by atoms with Gasteiger partial charge < -0.3 is 20.2 Å². The van der Waals surface area contributed by atoms with E-state index in [9.17, 15) is 19.5 Å². The molecule has 6 rings (SSSR count). The Morgan fingerprint density at radius 2 is 1.71 bits per heavy atom. The van der Waals surface area contributed by atoms with Crippen molar-refractivity contribution in [2.75, 3.05) is 13.6 Å². The first-order valence-electron chi connectivity index (χ1n) is 15.6. The molecule has 3 N–H and O–H groups in total. The number of nitrogens with zero attached hydrogens (tertiary/aromatic N) is 2. The molecule has 1 aliphatic heterocycles. The van der Waals surface area contributed by atoms with E-state index in [1.165, 1.54) is 50.5 Å². The summed E-state index contributed by atoms with van der Waals surface area (Å²) in [6.45, 7) is 6.05. The van der Waals surface area contributed by atoms with E-state index in [0.717, 1.165) is 37.1 Å². The van der Waals surface area contributed by atoms with E-state index in [0.29, 0.717) is 17.4 Å². The Morgan fingerprint density at radius 1 is 0.976 bits per heavy atom. The molecule has 1 aromatic heterocycles. The number of aliphatic carboxylic acids is 3. The molecule has 0 bridgehead atoms. The van der Waals surface area contributed by atoms with Crippen molar-refractivity contribution in [2.45, 2.75) is 84.1 Å². The predicted molar refractivity (Wildman–Crippen MR) is 159 cm³/mol. The first kappa shape index (κ1) is 30.5. The van der Waals surface area contributed by atoms with Gasteiger partial charge in [-0.05, 0) is 123 Å². The van der Waals surface area contributed by atoms with Gasteiger partial charge >= 0.3 is 17.9 Å². The molecule has 42 heavy (non-hydrogen) atoms. The fourth-order valence-corrected chi connectivity index (χ4v) is 9.58. The molecule has 8 heteroatoms. The summed E-state index contributed by atoms with van der Waals surface area (Å²) >= 11 is 0. The summed E-state index contributed by atoms with van der Waals surface area (Å²) in [5.41, 5.74) is 5.19. The molecule has 1 saturated heterocycles. The summed E-state index contributed by atoms with van der Waals surface area (Å²) in [5.74, 6) is -0.460. The number of carboxylic acid groups (broad SMARTS) is 3. The molecule has 0 amide bonds. The minimum absolute atomic E-state index is 0.158. The number of likely N-dealkylation sites (tertiary alicyclic amines) is 1.